The normalized spacial score (nSPS) is 15.6. The van der Waals surface area contributed by atoms with Gasteiger partial charge in [0.1, 0.15) is 11.6 Å². The topological polar surface area (TPSA) is 108 Å². The van der Waals surface area contributed by atoms with Crippen molar-refractivity contribution in [2.75, 3.05) is 24.3 Å². The van der Waals surface area contributed by atoms with Crippen molar-refractivity contribution >= 4 is 23.1 Å². The molecule has 0 aliphatic carbocycles. The van der Waals surface area contributed by atoms with Crippen molar-refractivity contribution in [1.82, 2.24) is 29.2 Å². The van der Waals surface area contributed by atoms with Crippen LogP contribution in [0.25, 0.3) is 22.4 Å². The fourth-order valence-corrected chi connectivity index (χ4v) is 3.55. The van der Waals surface area contributed by atoms with Crippen molar-refractivity contribution in [3.05, 3.63) is 36.3 Å². The van der Waals surface area contributed by atoms with E-state index in [2.05, 4.69) is 31.7 Å². The lowest BCUT2D eigenvalue weighted by Crippen LogP contribution is -2.29. The number of aryl methyl sites for hydroxylation is 1. The number of nitrogens with one attached hydrogen (secondary N) is 1. The molecule has 5 heterocycles. The zero-order valence-corrected chi connectivity index (χ0v) is 15.0. The molecule has 5 rings (SSSR count). The summed E-state index contributed by atoms with van der Waals surface area (Å²) in [5.41, 5.74) is 9.41. The minimum absolute atomic E-state index is 0.255. The molecule has 1 saturated heterocycles. The highest BCUT2D eigenvalue weighted by Crippen LogP contribution is 2.31. The van der Waals surface area contributed by atoms with Crippen molar-refractivity contribution in [1.29, 1.82) is 0 Å². The Morgan fingerprint density at radius 1 is 1.15 bits per heavy atom. The maximum absolute atomic E-state index is 5.85. The van der Waals surface area contributed by atoms with Crippen LogP contribution in [0.2, 0.25) is 0 Å². The van der Waals surface area contributed by atoms with Crippen molar-refractivity contribution in [2.24, 2.45) is 0 Å². The van der Waals surface area contributed by atoms with E-state index in [0.717, 1.165) is 54.5 Å². The maximum atomic E-state index is 5.85. The van der Waals surface area contributed by atoms with E-state index in [1.807, 2.05) is 35.7 Å². The molecule has 0 radical (unpaired) electrons. The Kier molecular flexibility index (Phi) is 3.68. The van der Waals surface area contributed by atoms with Crippen molar-refractivity contribution in [3.63, 3.8) is 0 Å². The van der Waals surface area contributed by atoms with Crippen LogP contribution in [0.4, 0.5) is 11.8 Å². The molecule has 27 heavy (non-hydrogen) atoms. The molecule has 0 amide bonds. The number of anilines is 2. The second-order valence-corrected chi connectivity index (χ2v) is 6.76. The summed E-state index contributed by atoms with van der Waals surface area (Å²) < 4.78 is 9.22. The summed E-state index contributed by atoms with van der Waals surface area (Å²) in [6, 6.07) is 8.36. The number of pyridine rings is 2. The van der Waals surface area contributed by atoms with Gasteiger partial charge < -0.3 is 15.8 Å². The lowest BCUT2D eigenvalue weighted by Gasteiger charge is -2.25. The third kappa shape index (κ3) is 2.76. The quantitative estimate of drug-likeness (QED) is 0.572. The summed E-state index contributed by atoms with van der Waals surface area (Å²) in [6.07, 6.45) is 3.88. The molecule has 0 spiro atoms. The second-order valence-electron chi connectivity index (χ2n) is 6.76. The van der Waals surface area contributed by atoms with Gasteiger partial charge in [-0.1, -0.05) is 0 Å². The minimum Gasteiger partial charge on any atom is -0.381 e. The molecule has 0 atom stereocenters. The average molecular weight is 364 g/mol. The molecule has 0 unspecified atom stereocenters. The standard InChI is InChI=1S/C18H20N8O/c1-11-22-23-16-10-12(4-7-25(11)16)14-2-3-15-21-18(19)24-26(15)17(14)20-13-5-8-27-9-6-13/h2-4,7,10,13,20H,5-6,8-9H2,1H3,(H2,19,24). The number of fused-ring (bicyclic) bond motifs is 2. The summed E-state index contributed by atoms with van der Waals surface area (Å²) in [4.78, 5) is 4.29. The number of hydrogen-bond donors (Lipinski definition) is 2. The van der Waals surface area contributed by atoms with E-state index >= 15 is 0 Å². The molecule has 138 valence electrons. The Hall–Kier alpha value is -3.20. The lowest BCUT2D eigenvalue weighted by molar-refractivity contribution is 0.0903. The smallest absolute Gasteiger partial charge is 0.240 e. The van der Waals surface area contributed by atoms with E-state index in [4.69, 9.17) is 10.5 Å². The van der Waals surface area contributed by atoms with Crippen molar-refractivity contribution in [2.45, 2.75) is 25.8 Å². The first kappa shape index (κ1) is 16.0. The molecule has 4 aromatic rings. The van der Waals surface area contributed by atoms with Crippen LogP contribution >= 0.6 is 0 Å². The van der Waals surface area contributed by atoms with E-state index in [-0.39, 0.29) is 5.95 Å². The third-order valence-corrected chi connectivity index (χ3v) is 4.97. The first-order valence-corrected chi connectivity index (χ1v) is 9.00. The predicted octanol–water partition coefficient (Wildman–Crippen LogP) is 1.92. The number of ether oxygens (including phenoxy) is 1. The van der Waals surface area contributed by atoms with Gasteiger partial charge in [-0.15, -0.1) is 15.3 Å². The highest BCUT2D eigenvalue weighted by molar-refractivity contribution is 5.79. The van der Waals surface area contributed by atoms with E-state index < -0.39 is 0 Å². The first-order chi connectivity index (χ1) is 13.2. The zero-order valence-electron chi connectivity index (χ0n) is 15.0. The molecule has 1 fully saturated rings. The van der Waals surface area contributed by atoms with E-state index in [1.54, 1.807) is 4.52 Å². The monoisotopic (exact) mass is 364 g/mol. The van der Waals surface area contributed by atoms with E-state index in [0.29, 0.717) is 11.7 Å². The Bertz CT molecular complexity index is 1130. The highest BCUT2D eigenvalue weighted by atomic mass is 16.5. The van der Waals surface area contributed by atoms with Crippen LogP contribution in [0.3, 0.4) is 0 Å². The van der Waals surface area contributed by atoms with Gasteiger partial charge in [-0.05, 0) is 49.6 Å². The van der Waals surface area contributed by atoms with E-state index in [9.17, 15) is 0 Å². The van der Waals surface area contributed by atoms with Crippen molar-refractivity contribution in [3.8, 4) is 11.1 Å². The fourth-order valence-electron chi connectivity index (χ4n) is 3.55. The van der Waals surface area contributed by atoms with Gasteiger partial charge in [-0.25, -0.2) is 0 Å². The zero-order chi connectivity index (χ0) is 18.4. The number of rotatable bonds is 3. The van der Waals surface area contributed by atoms with Crippen LogP contribution in [-0.4, -0.2) is 48.5 Å². The summed E-state index contributed by atoms with van der Waals surface area (Å²) in [7, 11) is 0. The molecular weight excluding hydrogens is 344 g/mol. The molecule has 1 aliphatic heterocycles. The lowest BCUT2D eigenvalue weighted by atomic mass is 10.1. The second kappa shape index (κ2) is 6.20. The summed E-state index contributed by atoms with van der Waals surface area (Å²) >= 11 is 0. The van der Waals surface area contributed by atoms with Gasteiger partial charge in [-0.2, -0.15) is 9.50 Å². The number of hydrogen-bond acceptors (Lipinski definition) is 7. The number of aromatic nitrogens is 6. The fraction of sp³-hybridized carbons (Fsp3) is 0.333. The molecule has 0 aromatic carbocycles. The molecule has 0 saturated carbocycles. The van der Waals surface area contributed by atoms with E-state index in [1.165, 1.54) is 0 Å². The number of nitrogens with two attached hydrogens (primary N) is 1. The van der Waals surface area contributed by atoms with Gasteiger partial charge in [0.05, 0.1) is 0 Å². The van der Waals surface area contributed by atoms with Crippen LogP contribution in [0.15, 0.2) is 30.5 Å². The predicted molar refractivity (Wildman–Crippen MR) is 102 cm³/mol. The average Bonchev–Trinajstić information content (AvgIpc) is 3.25. The summed E-state index contributed by atoms with van der Waals surface area (Å²) in [5.74, 6) is 1.99. The minimum atomic E-state index is 0.255. The van der Waals surface area contributed by atoms with Crippen LogP contribution in [0, 0.1) is 6.92 Å². The molecule has 9 heteroatoms. The van der Waals surface area contributed by atoms with Gasteiger partial charge in [-0.3, -0.25) is 4.40 Å². The Morgan fingerprint density at radius 2 is 2.00 bits per heavy atom. The van der Waals surface area contributed by atoms with Crippen LogP contribution < -0.4 is 11.1 Å². The van der Waals surface area contributed by atoms with Gasteiger partial charge >= 0.3 is 0 Å². The van der Waals surface area contributed by atoms with Crippen LogP contribution in [-0.2, 0) is 4.74 Å². The largest absolute Gasteiger partial charge is 0.381 e. The third-order valence-electron chi connectivity index (χ3n) is 4.97. The van der Waals surface area contributed by atoms with Crippen molar-refractivity contribution < 1.29 is 4.74 Å². The summed E-state index contributed by atoms with van der Waals surface area (Å²) in [6.45, 7) is 3.45. The molecule has 1 aliphatic rings. The molecule has 9 nitrogen and oxygen atoms in total. The molecule has 4 aromatic heterocycles. The Labute approximate surface area is 155 Å². The molecule has 3 N–H and O–H groups in total. The van der Waals surface area contributed by atoms with Gasteiger partial charge in [0.2, 0.25) is 5.95 Å². The van der Waals surface area contributed by atoms with Gasteiger partial charge in [0.25, 0.3) is 0 Å². The molecule has 0 bridgehead atoms. The Morgan fingerprint density at radius 3 is 2.85 bits per heavy atom. The summed E-state index contributed by atoms with van der Waals surface area (Å²) in [5, 5.41) is 16.4. The number of nitrogens with zero attached hydrogens (tertiary/aromatic N) is 6. The van der Waals surface area contributed by atoms with Gasteiger partial charge in [0.15, 0.2) is 11.3 Å². The number of nitrogen functional groups attached to an aromatic ring is 1. The Balaban J connectivity index is 1.66. The highest BCUT2D eigenvalue weighted by Gasteiger charge is 2.19. The van der Waals surface area contributed by atoms with Crippen LogP contribution in [0.1, 0.15) is 18.7 Å². The maximum Gasteiger partial charge on any atom is 0.240 e. The first-order valence-electron chi connectivity index (χ1n) is 9.00. The molecular formula is C18H20N8O. The van der Waals surface area contributed by atoms with Gasteiger partial charge in [0, 0.05) is 31.0 Å². The van der Waals surface area contributed by atoms with Crippen LogP contribution in [0.5, 0.6) is 0 Å². The SMILES string of the molecule is Cc1nnc2cc(-c3ccc4nc(N)nn4c3NC3CCOCC3)ccn12.